The van der Waals surface area contributed by atoms with Crippen LogP contribution in [0.3, 0.4) is 0 Å². The van der Waals surface area contributed by atoms with Crippen molar-refractivity contribution in [2.75, 3.05) is 11.6 Å². The molecule has 1 aromatic carbocycles. The van der Waals surface area contributed by atoms with Gasteiger partial charge in [0.25, 0.3) is 5.91 Å². The molecule has 4 heteroatoms. The van der Waals surface area contributed by atoms with Crippen LogP contribution in [-0.4, -0.2) is 12.5 Å². The fourth-order valence-corrected chi connectivity index (χ4v) is 1.30. The topological polar surface area (TPSA) is 32.3 Å². The molecular formula is C10H9FN2O. The summed E-state index contributed by atoms with van der Waals surface area (Å²) in [5.74, 6) is -0.538. The highest BCUT2D eigenvalue weighted by Crippen LogP contribution is 2.17. The number of hydrogen-bond donors (Lipinski definition) is 1. The van der Waals surface area contributed by atoms with Crippen molar-refractivity contribution in [3.63, 3.8) is 0 Å². The molecule has 1 fully saturated rings. The van der Waals surface area contributed by atoms with Crippen molar-refractivity contribution in [1.29, 1.82) is 0 Å². The first kappa shape index (κ1) is 8.74. The molecule has 0 unspecified atom stereocenters. The summed E-state index contributed by atoms with van der Waals surface area (Å²) in [6.07, 6.45) is 0. The third-order valence-corrected chi connectivity index (χ3v) is 2.03. The van der Waals surface area contributed by atoms with Gasteiger partial charge in [0.1, 0.15) is 5.82 Å². The number of nitrogens with zero attached hydrogens (tertiary/aromatic N) is 1. The van der Waals surface area contributed by atoms with E-state index in [9.17, 15) is 9.18 Å². The SMILES string of the molecule is C=C1CN(c2cccc(F)c2)NC1=O. The van der Waals surface area contributed by atoms with Crippen molar-refractivity contribution in [2.45, 2.75) is 0 Å². The molecule has 1 saturated heterocycles. The number of carbonyl (C=O) groups excluding carboxylic acids is 1. The lowest BCUT2D eigenvalue weighted by molar-refractivity contribution is -0.116. The second kappa shape index (κ2) is 3.14. The zero-order chi connectivity index (χ0) is 10.1. The summed E-state index contributed by atoms with van der Waals surface area (Å²) in [7, 11) is 0. The van der Waals surface area contributed by atoms with Crippen LogP contribution in [0.25, 0.3) is 0 Å². The summed E-state index contributed by atoms with van der Waals surface area (Å²) in [5, 5.41) is 1.56. The zero-order valence-corrected chi connectivity index (χ0v) is 7.46. The van der Waals surface area contributed by atoms with Gasteiger partial charge >= 0.3 is 0 Å². The number of anilines is 1. The van der Waals surface area contributed by atoms with E-state index >= 15 is 0 Å². The summed E-state index contributed by atoms with van der Waals surface area (Å²) in [4.78, 5) is 11.1. The molecule has 1 aromatic rings. The van der Waals surface area contributed by atoms with Gasteiger partial charge in [-0.05, 0) is 18.2 Å². The maximum atomic E-state index is 12.9. The number of hydrazine groups is 1. The lowest BCUT2D eigenvalue weighted by Crippen LogP contribution is -2.32. The van der Waals surface area contributed by atoms with Crippen LogP contribution in [0.1, 0.15) is 0 Å². The summed E-state index contributed by atoms with van der Waals surface area (Å²) >= 11 is 0. The summed E-state index contributed by atoms with van der Waals surface area (Å²) in [6, 6.07) is 6.04. The van der Waals surface area contributed by atoms with Crippen molar-refractivity contribution in [3.05, 3.63) is 42.2 Å². The number of nitrogens with one attached hydrogen (secondary N) is 1. The van der Waals surface area contributed by atoms with Crippen LogP contribution < -0.4 is 10.4 Å². The number of benzene rings is 1. The third kappa shape index (κ3) is 1.46. The van der Waals surface area contributed by atoms with Crippen LogP contribution in [0.15, 0.2) is 36.4 Å². The molecular weight excluding hydrogens is 183 g/mol. The molecule has 0 atom stereocenters. The molecule has 0 spiro atoms. The first-order valence-corrected chi connectivity index (χ1v) is 4.19. The molecule has 0 aromatic heterocycles. The van der Waals surface area contributed by atoms with Gasteiger partial charge in [0.2, 0.25) is 0 Å². The minimum Gasteiger partial charge on any atom is -0.281 e. The molecule has 3 nitrogen and oxygen atoms in total. The van der Waals surface area contributed by atoms with E-state index in [1.807, 2.05) is 0 Å². The zero-order valence-electron chi connectivity index (χ0n) is 7.46. The molecule has 2 rings (SSSR count). The summed E-state index contributed by atoms with van der Waals surface area (Å²) < 4.78 is 12.9. The highest BCUT2D eigenvalue weighted by molar-refractivity contribution is 5.97. The lowest BCUT2D eigenvalue weighted by atomic mass is 10.3. The van der Waals surface area contributed by atoms with Crippen molar-refractivity contribution >= 4 is 11.6 Å². The van der Waals surface area contributed by atoms with Crippen molar-refractivity contribution in [2.24, 2.45) is 0 Å². The van der Waals surface area contributed by atoms with Crippen LogP contribution in [0.4, 0.5) is 10.1 Å². The maximum Gasteiger partial charge on any atom is 0.267 e. The Balaban J connectivity index is 2.25. The Bertz CT molecular complexity index is 387. The number of hydrogen-bond acceptors (Lipinski definition) is 2. The van der Waals surface area contributed by atoms with Crippen LogP contribution >= 0.6 is 0 Å². The Kier molecular flexibility index (Phi) is 1.96. The van der Waals surface area contributed by atoms with Gasteiger partial charge in [-0.1, -0.05) is 12.6 Å². The van der Waals surface area contributed by atoms with Crippen molar-refractivity contribution < 1.29 is 9.18 Å². The van der Waals surface area contributed by atoms with Gasteiger partial charge in [0.15, 0.2) is 0 Å². The van der Waals surface area contributed by atoms with Crippen LogP contribution in [0.2, 0.25) is 0 Å². The van der Waals surface area contributed by atoms with Crippen molar-refractivity contribution in [3.8, 4) is 0 Å². The quantitative estimate of drug-likeness (QED) is 0.679. The van der Waals surface area contributed by atoms with E-state index in [0.717, 1.165) is 0 Å². The van der Waals surface area contributed by atoms with Gasteiger partial charge in [-0.25, -0.2) is 4.39 Å². The average molecular weight is 192 g/mol. The normalized spacial score (nSPS) is 15.9. The Morgan fingerprint density at radius 2 is 2.29 bits per heavy atom. The number of halogens is 1. The molecule has 0 radical (unpaired) electrons. The second-order valence-electron chi connectivity index (χ2n) is 3.11. The van der Waals surface area contributed by atoms with Gasteiger partial charge in [-0.15, -0.1) is 0 Å². The Hall–Kier alpha value is -1.84. The van der Waals surface area contributed by atoms with E-state index in [1.165, 1.54) is 12.1 Å². The molecule has 72 valence electrons. The largest absolute Gasteiger partial charge is 0.281 e. The number of rotatable bonds is 1. The van der Waals surface area contributed by atoms with Crippen molar-refractivity contribution in [1.82, 2.24) is 5.43 Å². The number of carbonyl (C=O) groups is 1. The standard InChI is InChI=1S/C10H9FN2O/c1-7-6-13(12-10(7)14)9-4-2-3-8(11)5-9/h2-5H,1,6H2,(H,12,14). The van der Waals surface area contributed by atoms with E-state index in [1.54, 1.807) is 17.1 Å². The molecule has 0 aliphatic carbocycles. The third-order valence-electron chi connectivity index (χ3n) is 2.03. The summed E-state index contributed by atoms with van der Waals surface area (Å²) in [6.45, 7) is 3.98. The molecule has 1 N–H and O–H groups in total. The molecule has 1 heterocycles. The minimum absolute atomic E-state index is 0.214. The maximum absolute atomic E-state index is 12.9. The highest BCUT2D eigenvalue weighted by atomic mass is 19.1. The van der Waals surface area contributed by atoms with Gasteiger partial charge in [0, 0.05) is 5.57 Å². The Morgan fingerprint density at radius 1 is 1.50 bits per heavy atom. The van der Waals surface area contributed by atoms with Crippen LogP contribution in [0.5, 0.6) is 0 Å². The number of amides is 1. The van der Waals surface area contributed by atoms with Crippen LogP contribution in [0, 0.1) is 5.82 Å². The van der Waals surface area contributed by atoms with E-state index < -0.39 is 0 Å². The molecule has 1 amide bonds. The molecule has 1 aliphatic rings. The highest BCUT2D eigenvalue weighted by Gasteiger charge is 2.22. The van der Waals surface area contributed by atoms with Gasteiger partial charge in [-0.2, -0.15) is 0 Å². The smallest absolute Gasteiger partial charge is 0.267 e. The Labute approximate surface area is 80.8 Å². The lowest BCUT2D eigenvalue weighted by Gasteiger charge is -2.16. The van der Waals surface area contributed by atoms with E-state index in [2.05, 4.69) is 12.0 Å². The molecule has 0 bridgehead atoms. The van der Waals surface area contributed by atoms with Gasteiger partial charge < -0.3 is 0 Å². The first-order valence-electron chi connectivity index (χ1n) is 4.19. The predicted octanol–water partition coefficient (Wildman–Crippen LogP) is 1.23. The van der Waals surface area contributed by atoms with Gasteiger partial charge in [-0.3, -0.25) is 15.2 Å². The van der Waals surface area contributed by atoms with E-state index in [-0.39, 0.29) is 11.7 Å². The van der Waals surface area contributed by atoms with Gasteiger partial charge in [0.05, 0.1) is 12.2 Å². The second-order valence-corrected chi connectivity index (χ2v) is 3.11. The van der Waals surface area contributed by atoms with Crippen LogP contribution in [-0.2, 0) is 4.79 Å². The molecule has 0 saturated carbocycles. The first-order chi connectivity index (χ1) is 6.66. The van der Waals surface area contributed by atoms with E-state index in [4.69, 9.17) is 0 Å². The Morgan fingerprint density at radius 3 is 2.86 bits per heavy atom. The van der Waals surface area contributed by atoms with E-state index in [0.29, 0.717) is 17.8 Å². The fourth-order valence-electron chi connectivity index (χ4n) is 1.30. The fraction of sp³-hybridized carbons (Fsp3) is 0.100. The summed E-state index contributed by atoms with van der Waals surface area (Å²) in [5.41, 5.74) is 3.68. The average Bonchev–Trinajstić information content (AvgIpc) is 2.47. The molecule has 1 aliphatic heterocycles. The monoisotopic (exact) mass is 192 g/mol. The predicted molar refractivity (Wildman–Crippen MR) is 51.0 cm³/mol. The molecule has 14 heavy (non-hydrogen) atoms. The minimum atomic E-state index is -0.325.